The van der Waals surface area contributed by atoms with Crippen LogP contribution in [0.5, 0.6) is 17.4 Å². The van der Waals surface area contributed by atoms with Crippen molar-refractivity contribution in [2.24, 2.45) is 22.7 Å². The van der Waals surface area contributed by atoms with E-state index in [2.05, 4.69) is 16.3 Å². The van der Waals surface area contributed by atoms with E-state index in [1.54, 1.807) is 43.5 Å². The molecule has 5 atom stereocenters. The number of carbonyl (C=O) groups excluding carboxylic acids is 3. The molecule has 0 bridgehead atoms. The highest BCUT2D eigenvalue weighted by Crippen LogP contribution is 2.57. The van der Waals surface area contributed by atoms with Gasteiger partial charge in [0.1, 0.15) is 17.6 Å². The summed E-state index contributed by atoms with van der Waals surface area (Å²) in [4.78, 5) is 54.2. The molecule has 3 fully saturated rings. The molecule has 2 saturated carbocycles. The van der Waals surface area contributed by atoms with E-state index in [0.29, 0.717) is 35.4 Å². The van der Waals surface area contributed by atoms with E-state index in [1.165, 1.54) is 11.3 Å². The average Bonchev–Trinajstić information content (AvgIpc) is 4.07. The van der Waals surface area contributed by atoms with Crippen LogP contribution in [-0.4, -0.2) is 79.0 Å². The number of rotatable bonds is 15. The number of hydrogen-bond donors (Lipinski definition) is 1. The number of methoxy groups -OCH3 is 2. The number of ether oxygens (including phenoxy) is 3. The molecule has 2 aromatic carbocycles. The molecule has 0 unspecified atom stereocenters. The van der Waals surface area contributed by atoms with E-state index in [4.69, 9.17) is 30.8 Å². The zero-order valence-electron chi connectivity index (χ0n) is 32.6. The highest BCUT2D eigenvalue weighted by molar-refractivity contribution is 7.90. The number of nitrogens with one attached hydrogen (secondary N) is 1. The number of amides is 2. The normalized spacial score (nSPS) is 22.5. The second-order valence-electron chi connectivity index (χ2n) is 16.3. The first-order chi connectivity index (χ1) is 27.1. The number of benzene rings is 2. The summed E-state index contributed by atoms with van der Waals surface area (Å²) in [5.41, 5.74) is -0.110. The van der Waals surface area contributed by atoms with Gasteiger partial charge in [-0.2, -0.15) is 0 Å². The molecule has 3 aliphatic rings. The Bertz CT molecular complexity index is 2320. The van der Waals surface area contributed by atoms with Crippen molar-refractivity contribution in [3.05, 3.63) is 76.7 Å². The maximum Gasteiger partial charge on any atom is 0.240 e. The average molecular weight is 835 g/mol. The summed E-state index contributed by atoms with van der Waals surface area (Å²) in [6, 6.07) is 11.9. The highest BCUT2D eigenvalue weighted by atomic mass is 35.5. The number of ketones is 1. The Labute approximate surface area is 342 Å². The molecule has 4 aromatic rings. The predicted molar refractivity (Wildman–Crippen MR) is 219 cm³/mol. The van der Waals surface area contributed by atoms with Gasteiger partial charge in [0, 0.05) is 51.9 Å². The Hall–Kier alpha value is -4.53. The summed E-state index contributed by atoms with van der Waals surface area (Å²) in [5.74, 6) is -0.721. The first kappa shape index (κ1) is 40.7. The number of sulfonamides is 1. The number of pyridine rings is 1. The minimum atomic E-state index is -3.85. The Morgan fingerprint density at radius 3 is 2.47 bits per heavy atom. The van der Waals surface area contributed by atoms with Gasteiger partial charge in [-0.25, -0.2) is 18.4 Å². The van der Waals surface area contributed by atoms with E-state index in [0.717, 1.165) is 27.4 Å². The summed E-state index contributed by atoms with van der Waals surface area (Å²) in [6.07, 6.45) is 3.96. The standard InChI is InChI=1S/C42H47ClN4O8S2/c1-7-25-19-42(25,40(50)46-57(51,52)29-13-14-29)20-35(48)34-17-28(55-38-31-16-26(43)10-15-30(31)36(54-6)21-44-38)22-47(34)39(49)32(41(2,3)4)18-37-45-33(23-56-37)24-8-11-27(53-5)12-9-24/h7-12,15-16,21,23,25,28-29,32,34H,1,13-14,17-20,22H2,2-6H3,(H,46,50)/t25-,28-,32-,34+,42-/m1/s1. The number of likely N-dealkylation sites (tertiary alicyclic amines) is 1. The van der Waals surface area contributed by atoms with Crippen molar-refractivity contribution in [2.75, 3.05) is 20.8 Å². The van der Waals surface area contributed by atoms with Crippen LogP contribution >= 0.6 is 22.9 Å². The van der Waals surface area contributed by atoms with Gasteiger partial charge in [-0.15, -0.1) is 17.9 Å². The lowest BCUT2D eigenvalue weighted by Crippen LogP contribution is -2.48. The maximum atomic E-state index is 15.0. The first-order valence-electron chi connectivity index (χ1n) is 19.0. The van der Waals surface area contributed by atoms with Gasteiger partial charge in [0.15, 0.2) is 5.78 Å². The fourth-order valence-electron chi connectivity index (χ4n) is 7.76. The SMILES string of the molecule is C=C[C@@H]1C[C@]1(CC(=O)[C@@H]1C[C@@H](Oc2ncc(OC)c3ccc(Cl)cc23)CN1C(=O)[C@@H](Cc1nc(-c2ccc(OC)cc2)cs1)C(C)(C)C)C(=O)NS(=O)(=O)C1CC1. The van der Waals surface area contributed by atoms with Crippen molar-refractivity contribution < 1.29 is 37.0 Å². The number of thiazole rings is 1. The van der Waals surface area contributed by atoms with Crippen molar-refractivity contribution in [3.63, 3.8) is 0 Å². The fourth-order valence-corrected chi connectivity index (χ4v) is 10.2. The molecule has 2 aromatic heterocycles. The molecule has 3 heterocycles. The summed E-state index contributed by atoms with van der Waals surface area (Å²) in [7, 11) is -0.693. The number of aromatic nitrogens is 2. The molecule has 1 aliphatic heterocycles. The molecule has 15 heteroatoms. The topological polar surface area (TPSA) is 154 Å². The minimum absolute atomic E-state index is 0.0761. The fraction of sp³-hybridized carbons (Fsp3) is 0.452. The summed E-state index contributed by atoms with van der Waals surface area (Å²) < 4.78 is 45.2. The third kappa shape index (κ3) is 8.40. The molecule has 1 saturated heterocycles. The smallest absolute Gasteiger partial charge is 0.240 e. The van der Waals surface area contributed by atoms with Crippen LogP contribution < -0.4 is 18.9 Å². The molecule has 0 radical (unpaired) electrons. The second-order valence-corrected chi connectivity index (χ2v) is 19.6. The quantitative estimate of drug-likeness (QED) is 0.123. The van der Waals surface area contributed by atoms with E-state index < -0.39 is 50.1 Å². The summed E-state index contributed by atoms with van der Waals surface area (Å²) in [5, 5.41) is 3.94. The van der Waals surface area contributed by atoms with Gasteiger partial charge < -0.3 is 19.1 Å². The third-order valence-corrected chi connectivity index (χ3v) is 14.3. The predicted octanol–water partition coefficient (Wildman–Crippen LogP) is 7.04. The molecule has 1 N–H and O–H groups in total. The van der Waals surface area contributed by atoms with Crippen molar-refractivity contribution in [1.82, 2.24) is 19.6 Å². The number of carbonyl (C=O) groups is 3. The lowest BCUT2D eigenvalue weighted by Gasteiger charge is -2.35. The number of hydrogen-bond acceptors (Lipinski definition) is 11. The minimum Gasteiger partial charge on any atom is -0.497 e. The maximum absolute atomic E-state index is 15.0. The lowest BCUT2D eigenvalue weighted by molar-refractivity contribution is -0.144. The monoisotopic (exact) mass is 834 g/mol. The molecular formula is C42H47ClN4O8S2. The molecule has 0 spiro atoms. The van der Waals surface area contributed by atoms with Gasteiger partial charge in [-0.3, -0.25) is 19.1 Å². The van der Waals surface area contributed by atoms with E-state index in [1.807, 2.05) is 56.5 Å². The van der Waals surface area contributed by atoms with Gasteiger partial charge in [-0.05, 0) is 73.1 Å². The number of fused-ring (bicyclic) bond motifs is 1. The molecule has 12 nitrogen and oxygen atoms in total. The third-order valence-electron chi connectivity index (χ3n) is 11.4. The zero-order valence-corrected chi connectivity index (χ0v) is 35.0. The molecule has 2 amide bonds. The van der Waals surface area contributed by atoms with E-state index in [9.17, 15) is 22.8 Å². The van der Waals surface area contributed by atoms with Crippen molar-refractivity contribution >= 4 is 61.3 Å². The van der Waals surface area contributed by atoms with Gasteiger partial charge in [0.05, 0.1) is 54.4 Å². The van der Waals surface area contributed by atoms with Gasteiger partial charge in [-0.1, -0.05) is 38.4 Å². The molecular weight excluding hydrogens is 788 g/mol. The van der Waals surface area contributed by atoms with Crippen LogP contribution in [-0.2, 0) is 30.8 Å². The van der Waals surface area contributed by atoms with Crippen LogP contribution in [0, 0.1) is 22.7 Å². The molecule has 302 valence electrons. The largest absolute Gasteiger partial charge is 0.497 e. The number of allylic oxidation sites excluding steroid dienone is 1. The molecule has 7 rings (SSSR count). The Morgan fingerprint density at radius 2 is 1.84 bits per heavy atom. The Balaban J connectivity index is 1.19. The van der Waals surface area contributed by atoms with E-state index in [-0.39, 0.29) is 49.3 Å². The second kappa shape index (κ2) is 15.7. The lowest BCUT2D eigenvalue weighted by atomic mass is 9.77. The van der Waals surface area contributed by atoms with Gasteiger partial charge in [0.2, 0.25) is 27.7 Å². The highest BCUT2D eigenvalue weighted by Gasteiger charge is 2.61. The first-order valence-corrected chi connectivity index (χ1v) is 21.8. The Kier molecular flexibility index (Phi) is 11.2. The van der Waals surface area contributed by atoms with Crippen LogP contribution in [0.25, 0.3) is 22.0 Å². The van der Waals surface area contributed by atoms with Crippen LogP contribution in [0.4, 0.5) is 0 Å². The summed E-state index contributed by atoms with van der Waals surface area (Å²) in [6.45, 7) is 9.90. The molecule has 57 heavy (non-hydrogen) atoms. The van der Waals surface area contributed by atoms with Crippen molar-refractivity contribution in [3.8, 4) is 28.6 Å². The van der Waals surface area contributed by atoms with Crippen LogP contribution in [0.15, 0.2) is 66.7 Å². The van der Waals surface area contributed by atoms with Crippen molar-refractivity contribution in [2.45, 2.75) is 76.7 Å². The number of nitrogens with zero attached hydrogens (tertiary/aromatic N) is 3. The van der Waals surface area contributed by atoms with Crippen LogP contribution in [0.1, 0.15) is 57.9 Å². The van der Waals surface area contributed by atoms with Crippen LogP contribution in [0.3, 0.4) is 0 Å². The zero-order chi connectivity index (χ0) is 40.9. The van der Waals surface area contributed by atoms with Crippen LogP contribution in [0.2, 0.25) is 5.02 Å². The van der Waals surface area contributed by atoms with Gasteiger partial charge >= 0.3 is 0 Å². The van der Waals surface area contributed by atoms with Crippen molar-refractivity contribution in [1.29, 1.82) is 0 Å². The summed E-state index contributed by atoms with van der Waals surface area (Å²) >= 11 is 7.86. The van der Waals surface area contributed by atoms with Gasteiger partial charge in [0.25, 0.3) is 0 Å². The number of halogens is 1. The number of Topliss-reactive ketones (excluding diaryl/α,β-unsaturated/α-hetero) is 1. The van der Waals surface area contributed by atoms with E-state index >= 15 is 0 Å². The molecule has 2 aliphatic carbocycles. The Morgan fingerprint density at radius 1 is 1.11 bits per heavy atom.